The van der Waals surface area contributed by atoms with E-state index < -0.39 is 15.6 Å². The SMILES string of the molecule is CC(=O)Nc1cccc(NC(=O)c2ccc(S(=O)(=O)NC(C)(C)C)cc2)c1. The van der Waals surface area contributed by atoms with Crippen LogP contribution in [-0.4, -0.2) is 25.8 Å². The van der Waals surface area contributed by atoms with Crippen LogP contribution in [-0.2, 0) is 14.8 Å². The highest BCUT2D eigenvalue weighted by Crippen LogP contribution is 2.18. The lowest BCUT2D eigenvalue weighted by atomic mass is 10.1. The van der Waals surface area contributed by atoms with Gasteiger partial charge >= 0.3 is 0 Å². The topological polar surface area (TPSA) is 104 Å². The molecule has 2 rings (SSSR count). The Morgan fingerprint density at radius 1 is 0.889 bits per heavy atom. The van der Waals surface area contributed by atoms with Crippen LogP contribution in [0.5, 0.6) is 0 Å². The van der Waals surface area contributed by atoms with E-state index in [1.54, 1.807) is 45.0 Å². The van der Waals surface area contributed by atoms with Gasteiger partial charge in [-0.05, 0) is 63.2 Å². The van der Waals surface area contributed by atoms with Crippen molar-refractivity contribution < 1.29 is 18.0 Å². The molecule has 0 aliphatic rings. The minimum absolute atomic E-state index is 0.0848. The summed E-state index contributed by atoms with van der Waals surface area (Å²) in [4.78, 5) is 23.6. The van der Waals surface area contributed by atoms with Gasteiger partial charge < -0.3 is 10.6 Å². The number of rotatable bonds is 5. The third-order valence-corrected chi connectivity index (χ3v) is 5.08. The summed E-state index contributed by atoms with van der Waals surface area (Å²) in [6.07, 6.45) is 0. The molecular formula is C19H23N3O4S. The van der Waals surface area contributed by atoms with E-state index in [1.165, 1.54) is 31.2 Å². The molecule has 0 radical (unpaired) electrons. The maximum Gasteiger partial charge on any atom is 0.255 e. The van der Waals surface area contributed by atoms with E-state index in [9.17, 15) is 18.0 Å². The number of amides is 2. The summed E-state index contributed by atoms with van der Waals surface area (Å²) in [5.74, 6) is -0.596. The molecule has 27 heavy (non-hydrogen) atoms. The van der Waals surface area contributed by atoms with Crippen LogP contribution in [0.4, 0.5) is 11.4 Å². The summed E-state index contributed by atoms with van der Waals surface area (Å²) in [7, 11) is -3.66. The van der Waals surface area contributed by atoms with Crippen LogP contribution in [0.25, 0.3) is 0 Å². The summed E-state index contributed by atoms with van der Waals surface area (Å²) >= 11 is 0. The number of carbonyl (C=O) groups is 2. The van der Waals surface area contributed by atoms with Gasteiger partial charge in [0, 0.05) is 29.4 Å². The molecule has 2 amide bonds. The average molecular weight is 389 g/mol. The zero-order valence-electron chi connectivity index (χ0n) is 15.7. The lowest BCUT2D eigenvalue weighted by molar-refractivity contribution is -0.114. The molecule has 0 bridgehead atoms. The summed E-state index contributed by atoms with van der Waals surface area (Å²) < 4.78 is 27.2. The Balaban J connectivity index is 2.13. The third-order valence-electron chi connectivity index (χ3n) is 3.31. The predicted octanol–water partition coefficient (Wildman–Crippen LogP) is 2.97. The minimum atomic E-state index is -3.66. The maximum atomic E-state index is 12.4. The number of carbonyl (C=O) groups excluding carboxylic acids is 2. The molecule has 2 aromatic rings. The van der Waals surface area contributed by atoms with Crippen molar-refractivity contribution in [1.82, 2.24) is 4.72 Å². The van der Waals surface area contributed by atoms with E-state index in [4.69, 9.17) is 0 Å². The molecule has 0 aliphatic carbocycles. The van der Waals surface area contributed by atoms with Gasteiger partial charge in [-0.15, -0.1) is 0 Å². The van der Waals surface area contributed by atoms with Gasteiger partial charge in [0.1, 0.15) is 0 Å². The van der Waals surface area contributed by atoms with Crippen molar-refractivity contribution in [2.75, 3.05) is 10.6 Å². The zero-order valence-corrected chi connectivity index (χ0v) is 16.5. The van der Waals surface area contributed by atoms with Gasteiger partial charge in [-0.1, -0.05) is 6.07 Å². The van der Waals surface area contributed by atoms with Crippen LogP contribution in [0.1, 0.15) is 38.1 Å². The second kappa shape index (κ2) is 7.89. The van der Waals surface area contributed by atoms with Gasteiger partial charge in [0.05, 0.1) is 4.90 Å². The number of hydrogen-bond acceptors (Lipinski definition) is 4. The number of benzene rings is 2. The summed E-state index contributed by atoms with van der Waals surface area (Å²) in [6.45, 7) is 6.65. The normalized spacial score (nSPS) is 11.7. The molecule has 0 aliphatic heterocycles. The van der Waals surface area contributed by atoms with Crippen LogP contribution in [0, 0.1) is 0 Å². The first-order chi connectivity index (χ1) is 12.5. The molecule has 0 spiro atoms. The van der Waals surface area contributed by atoms with Crippen molar-refractivity contribution in [1.29, 1.82) is 0 Å². The standard InChI is InChI=1S/C19H23N3O4S/c1-13(23)20-15-6-5-7-16(12-15)21-18(24)14-8-10-17(11-9-14)27(25,26)22-19(2,3)4/h5-12,22H,1-4H3,(H,20,23)(H,21,24). The fraction of sp³-hybridized carbons (Fsp3) is 0.263. The van der Waals surface area contributed by atoms with Crippen LogP contribution in [0.2, 0.25) is 0 Å². The molecule has 3 N–H and O–H groups in total. The molecule has 0 atom stereocenters. The van der Waals surface area contributed by atoms with E-state index in [1.807, 2.05) is 0 Å². The molecule has 144 valence electrons. The Bertz CT molecular complexity index is 946. The smallest absolute Gasteiger partial charge is 0.255 e. The first-order valence-corrected chi connectivity index (χ1v) is 9.78. The Labute approximate surface area is 159 Å². The molecule has 0 heterocycles. The molecule has 0 saturated heterocycles. The zero-order chi connectivity index (χ0) is 20.2. The lowest BCUT2D eigenvalue weighted by Gasteiger charge is -2.20. The van der Waals surface area contributed by atoms with Crippen LogP contribution in [0.3, 0.4) is 0 Å². The predicted molar refractivity (Wildman–Crippen MR) is 105 cm³/mol. The molecule has 2 aromatic carbocycles. The second-order valence-electron chi connectivity index (χ2n) is 7.10. The number of nitrogens with one attached hydrogen (secondary N) is 3. The van der Waals surface area contributed by atoms with Gasteiger partial charge in [-0.3, -0.25) is 9.59 Å². The van der Waals surface area contributed by atoms with Gasteiger partial charge in [-0.2, -0.15) is 0 Å². The maximum absolute atomic E-state index is 12.4. The van der Waals surface area contributed by atoms with E-state index in [0.29, 0.717) is 16.9 Å². The van der Waals surface area contributed by atoms with Crippen molar-refractivity contribution in [3.63, 3.8) is 0 Å². The van der Waals surface area contributed by atoms with Gasteiger partial charge in [0.2, 0.25) is 15.9 Å². The minimum Gasteiger partial charge on any atom is -0.326 e. The first-order valence-electron chi connectivity index (χ1n) is 8.29. The molecule has 0 aromatic heterocycles. The molecule has 0 fully saturated rings. The van der Waals surface area contributed by atoms with Gasteiger partial charge in [-0.25, -0.2) is 13.1 Å². The average Bonchev–Trinajstić information content (AvgIpc) is 2.52. The fourth-order valence-electron chi connectivity index (χ4n) is 2.33. The molecule has 0 saturated carbocycles. The van der Waals surface area contributed by atoms with Crippen molar-refractivity contribution in [2.45, 2.75) is 38.1 Å². The van der Waals surface area contributed by atoms with Crippen LogP contribution in [0.15, 0.2) is 53.4 Å². The Morgan fingerprint density at radius 2 is 1.44 bits per heavy atom. The summed E-state index contributed by atoms with van der Waals surface area (Å²) in [6, 6.07) is 12.4. The summed E-state index contributed by atoms with van der Waals surface area (Å²) in [5.41, 5.74) is 0.787. The molecule has 7 nitrogen and oxygen atoms in total. The number of hydrogen-bond donors (Lipinski definition) is 3. The Hall–Kier alpha value is -2.71. The quantitative estimate of drug-likeness (QED) is 0.731. The lowest BCUT2D eigenvalue weighted by Crippen LogP contribution is -2.40. The van der Waals surface area contributed by atoms with Gasteiger partial charge in [0.25, 0.3) is 5.91 Å². The molecule has 0 unspecified atom stereocenters. The fourth-order valence-corrected chi connectivity index (χ4v) is 3.75. The number of sulfonamides is 1. The Kier molecular flexibility index (Phi) is 6.02. The van der Waals surface area contributed by atoms with E-state index in [2.05, 4.69) is 15.4 Å². The molecular weight excluding hydrogens is 366 g/mol. The highest BCUT2D eigenvalue weighted by Gasteiger charge is 2.22. The summed E-state index contributed by atoms with van der Waals surface area (Å²) in [5, 5.41) is 5.35. The van der Waals surface area contributed by atoms with Crippen LogP contribution < -0.4 is 15.4 Å². The number of anilines is 2. The monoisotopic (exact) mass is 389 g/mol. The van der Waals surface area contributed by atoms with Gasteiger partial charge in [0.15, 0.2) is 0 Å². The van der Waals surface area contributed by atoms with Crippen molar-refractivity contribution in [2.24, 2.45) is 0 Å². The molecule has 8 heteroatoms. The van der Waals surface area contributed by atoms with Crippen molar-refractivity contribution in [3.8, 4) is 0 Å². The van der Waals surface area contributed by atoms with E-state index >= 15 is 0 Å². The van der Waals surface area contributed by atoms with E-state index in [-0.39, 0.29) is 16.7 Å². The highest BCUT2D eigenvalue weighted by molar-refractivity contribution is 7.89. The highest BCUT2D eigenvalue weighted by atomic mass is 32.2. The van der Waals surface area contributed by atoms with E-state index in [0.717, 1.165) is 0 Å². The largest absolute Gasteiger partial charge is 0.326 e. The van der Waals surface area contributed by atoms with Crippen LogP contribution >= 0.6 is 0 Å². The van der Waals surface area contributed by atoms with Crippen molar-refractivity contribution in [3.05, 3.63) is 54.1 Å². The first kappa shape index (κ1) is 20.6. The van der Waals surface area contributed by atoms with Crippen molar-refractivity contribution >= 4 is 33.2 Å². The second-order valence-corrected chi connectivity index (χ2v) is 8.78. The Morgan fingerprint density at radius 3 is 1.96 bits per heavy atom. The third kappa shape index (κ3) is 6.19.